The van der Waals surface area contributed by atoms with Crippen LogP contribution in [-0.4, -0.2) is 31.7 Å². The van der Waals surface area contributed by atoms with E-state index in [2.05, 4.69) is 21.2 Å². The Morgan fingerprint density at radius 3 is 2.64 bits per heavy atom. The summed E-state index contributed by atoms with van der Waals surface area (Å²) in [5.74, 6) is -1.18. The smallest absolute Gasteiger partial charge is 0.228 e. The number of carbonyl (C=O) groups excluding carboxylic acids is 1. The summed E-state index contributed by atoms with van der Waals surface area (Å²) in [5.41, 5.74) is 2.22. The number of halogens is 2. The summed E-state index contributed by atoms with van der Waals surface area (Å²) in [6.45, 7) is 2.49. The third-order valence-corrected chi connectivity index (χ3v) is 7.54. The highest BCUT2D eigenvalue weighted by Crippen LogP contribution is 2.24. The number of hydrogen-bond acceptors (Lipinski definition) is 3. The highest BCUT2D eigenvalue weighted by atomic mass is 79.9. The van der Waals surface area contributed by atoms with Gasteiger partial charge in [-0.1, -0.05) is 28.1 Å². The van der Waals surface area contributed by atoms with Gasteiger partial charge in [0.05, 0.1) is 11.7 Å². The van der Waals surface area contributed by atoms with E-state index in [-0.39, 0.29) is 18.2 Å². The molecular formula is C20H22BrFN2O3S. The number of carbonyl (C=O) groups is 1. The molecule has 0 aliphatic carbocycles. The third kappa shape index (κ3) is 5.18. The monoisotopic (exact) mass is 468 g/mol. The molecule has 0 radical (unpaired) electrons. The number of rotatable bonds is 5. The van der Waals surface area contributed by atoms with Gasteiger partial charge in [0.1, 0.15) is 5.82 Å². The molecule has 1 fully saturated rings. The molecular weight excluding hydrogens is 447 g/mol. The minimum Gasteiger partial charge on any atom is -0.326 e. The first kappa shape index (κ1) is 21.0. The second-order valence-corrected chi connectivity index (χ2v) is 9.86. The van der Waals surface area contributed by atoms with E-state index in [1.54, 1.807) is 6.07 Å². The molecule has 1 aliphatic rings. The van der Waals surface area contributed by atoms with Gasteiger partial charge >= 0.3 is 0 Å². The van der Waals surface area contributed by atoms with E-state index in [4.69, 9.17) is 0 Å². The summed E-state index contributed by atoms with van der Waals surface area (Å²) in [7, 11) is -3.58. The van der Waals surface area contributed by atoms with Crippen molar-refractivity contribution in [2.24, 2.45) is 5.92 Å². The quantitative estimate of drug-likeness (QED) is 0.718. The van der Waals surface area contributed by atoms with Crippen molar-refractivity contribution in [1.29, 1.82) is 0 Å². The number of anilines is 1. The van der Waals surface area contributed by atoms with Crippen molar-refractivity contribution < 1.29 is 17.6 Å². The van der Waals surface area contributed by atoms with Gasteiger partial charge in [-0.05, 0) is 61.2 Å². The maximum absolute atomic E-state index is 13.0. The molecule has 0 spiro atoms. The molecule has 2 aromatic rings. The molecule has 0 bridgehead atoms. The Bertz CT molecular complexity index is 964. The minimum atomic E-state index is -3.58. The van der Waals surface area contributed by atoms with Crippen LogP contribution >= 0.6 is 15.9 Å². The van der Waals surface area contributed by atoms with Gasteiger partial charge in [0.15, 0.2) is 0 Å². The number of amides is 1. The van der Waals surface area contributed by atoms with Gasteiger partial charge in [-0.25, -0.2) is 17.1 Å². The lowest BCUT2D eigenvalue weighted by molar-refractivity contribution is -0.120. The molecule has 2 aromatic carbocycles. The van der Waals surface area contributed by atoms with E-state index in [9.17, 15) is 17.6 Å². The Morgan fingerprint density at radius 2 is 1.96 bits per heavy atom. The van der Waals surface area contributed by atoms with Crippen LogP contribution in [0.25, 0.3) is 0 Å². The van der Waals surface area contributed by atoms with Gasteiger partial charge in [-0.3, -0.25) is 4.79 Å². The van der Waals surface area contributed by atoms with Crippen LogP contribution in [0, 0.1) is 18.7 Å². The average molecular weight is 469 g/mol. The third-order valence-electron chi connectivity index (χ3n) is 4.84. The number of nitrogens with zero attached hydrogens (tertiary/aromatic N) is 1. The molecule has 1 atom stereocenters. The SMILES string of the molecule is Cc1cc(NC(=O)C2CCCN(S(=O)(=O)Cc3ccc(F)cc3)C2)ccc1Br. The summed E-state index contributed by atoms with van der Waals surface area (Å²) in [4.78, 5) is 12.6. The summed E-state index contributed by atoms with van der Waals surface area (Å²) < 4.78 is 40.9. The Kier molecular flexibility index (Phi) is 6.52. The predicted octanol–water partition coefficient (Wildman–Crippen LogP) is 4.08. The predicted molar refractivity (Wildman–Crippen MR) is 111 cm³/mol. The molecule has 1 unspecified atom stereocenters. The molecule has 1 saturated heterocycles. The molecule has 3 rings (SSSR count). The lowest BCUT2D eigenvalue weighted by atomic mass is 9.98. The van der Waals surface area contributed by atoms with Crippen LogP contribution in [0.2, 0.25) is 0 Å². The summed E-state index contributed by atoms with van der Waals surface area (Å²) >= 11 is 3.43. The molecule has 5 nitrogen and oxygen atoms in total. The number of nitrogens with one attached hydrogen (secondary N) is 1. The Balaban J connectivity index is 1.66. The van der Waals surface area contributed by atoms with E-state index >= 15 is 0 Å². The number of sulfonamides is 1. The summed E-state index contributed by atoms with van der Waals surface area (Å²) in [6, 6.07) is 11.0. The van der Waals surface area contributed by atoms with Gasteiger partial charge in [0.2, 0.25) is 15.9 Å². The summed E-state index contributed by atoms with van der Waals surface area (Å²) in [6.07, 6.45) is 1.27. The number of hydrogen-bond donors (Lipinski definition) is 1. The van der Waals surface area contributed by atoms with E-state index in [0.717, 1.165) is 10.0 Å². The molecule has 0 aromatic heterocycles. The summed E-state index contributed by atoms with van der Waals surface area (Å²) in [5, 5.41) is 2.88. The van der Waals surface area contributed by atoms with Crippen LogP contribution in [0.1, 0.15) is 24.0 Å². The van der Waals surface area contributed by atoms with E-state index in [1.165, 1.54) is 28.6 Å². The van der Waals surface area contributed by atoms with Crippen molar-refractivity contribution in [3.05, 3.63) is 63.9 Å². The van der Waals surface area contributed by atoms with E-state index < -0.39 is 21.8 Å². The normalized spacial score (nSPS) is 18.0. The minimum absolute atomic E-state index is 0.158. The first-order chi connectivity index (χ1) is 13.2. The lowest BCUT2D eigenvalue weighted by Gasteiger charge is -2.31. The van der Waals surface area contributed by atoms with Gasteiger partial charge in [-0.15, -0.1) is 0 Å². The Morgan fingerprint density at radius 1 is 1.25 bits per heavy atom. The van der Waals surface area contributed by atoms with Crippen LogP contribution in [0.3, 0.4) is 0 Å². The van der Waals surface area contributed by atoms with Crippen molar-refractivity contribution >= 4 is 37.5 Å². The molecule has 1 N–H and O–H groups in total. The van der Waals surface area contributed by atoms with Crippen molar-refractivity contribution in [2.45, 2.75) is 25.5 Å². The van der Waals surface area contributed by atoms with Gasteiger partial charge in [0, 0.05) is 23.2 Å². The molecule has 28 heavy (non-hydrogen) atoms. The second-order valence-electron chi connectivity index (χ2n) is 7.03. The van der Waals surface area contributed by atoms with Gasteiger partial charge < -0.3 is 5.32 Å². The molecule has 1 aliphatic heterocycles. The zero-order valence-electron chi connectivity index (χ0n) is 15.5. The zero-order chi connectivity index (χ0) is 20.3. The maximum Gasteiger partial charge on any atom is 0.228 e. The first-order valence-electron chi connectivity index (χ1n) is 9.04. The van der Waals surface area contributed by atoms with Crippen LogP contribution in [0.5, 0.6) is 0 Å². The number of piperidine rings is 1. The topological polar surface area (TPSA) is 66.5 Å². The fourth-order valence-electron chi connectivity index (χ4n) is 3.26. The molecule has 1 heterocycles. The maximum atomic E-state index is 13.0. The van der Waals surface area contributed by atoms with Crippen LogP contribution in [-0.2, 0) is 20.6 Å². The number of benzene rings is 2. The highest BCUT2D eigenvalue weighted by Gasteiger charge is 2.32. The Labute approximate surface area is 173 Å². The average Bonchev–Trinajstić information content (AvgIpc) is 2.66. The van der Waals surface area contributed by atoms with Crippen molar-refractivity contribution in [3.63, 3.8) is 0 Å². The lowest BCUT2D eigenvalue weighted by Crippen LogP contribution is -2.44. The van der Waals surface area contributed by atoms with Crippen LogP contribution < -0.4 is 5.32 Å². The number of aryl methyl sites for hydroxylation is 1. The largest absolute Gasteiger partial charge is 0.326 e. The highest BCUT2D eigenvalue weighted by molar-refractivity contribution is 9.10. The first-order valence-corrected chi connectivity index (χ1v) is 11.4. The molecule has 8 heteroatoms. The van der Waals surface area contributed by atoms with E-state index in [1.807, 2.05) is 19.1 Å². The van der Waals surface area contributed by atoms with Crippen molar-refractivity contribution in [1.82, 2.24) is 4.31 Å². The van der Waals surface area contributed by atoms with Gasteiger partial charge in [0.25, 0.3) is 0 Å². The van der Waals surface area contributed by atoms with Crippen LogP contribution in [0.15, 0.2) is 46.9 Å². The second kappa shape index (κ2) is 8.71. The van der Waals surface area contributed by atoms with Crippen molar-refractivity contribution in [3.8, 4) is 0 Å². The fraction of sp³-hybridized carbons (Fsp3) is 0.350. The molecule has 150 valence electrons. The standard InChI is InChI=1S/C20H22BrFN2O3S/c1-14-11-18(8-9-19(14)21)23-20(25)16-3-2-10-24(12-16)28(26,27)13-15-4-6-17(22)7-5-15/h4-9,11,16H,2-3,10,12-13H2,1H3,(H,23,25). The molecule has 0 saturated carbocycles. The zero-order valence-corrected chi connectivity index (χ0v) is 17.9. The van der Waals surface area contributed by atoms with Crippen molar-refractivity contribution in [2.75, 3.05) is 18.4 Å². The fourth-order valence-corrected chi connectivity index (χ4v) is 5.12. The Hall–Kier alpha value is -1.77. The van der Waals surface area contributed by atoms with E-state index in [0.29, 0.717) is 30.6 Å². The van der Waals surface area contributed by atoms with Crippen LogP contribution in [0.4, 0.5) is 10.1 Å². The molecule has 1 amide bonds. The van der Waals surface area contributed by atoms with Gasteiger partial charge in [-0.2, -0.15) is 0 Å².